The maximum atomic E-state index is 12.1. The van der Waals surface area contributed by atoms with E-state index in [1.54, 1.807) is 6.21 Å². The molecule has 0 spiro atoms. The lowest BCUT2D eigenvalue weighted by Crippen LogP contribution is -2.59. The zero-order chi connectivity index (χ0) is 16.8. The first-order chi connectivity index (χ1) is 11.7. The van der Waals surface area contributed by atoms with Crippen LogP contribution in [-0.4, -0.2) is 29.3 Å². The fraction of sp³-hybridized carbons (Fsp3) is 0.167. The number of imide groups is 1. The van der Waals surface area contributed by atoms with Gasteiger partial charge in [0.15, 0.2) is 0 Å². The molecular weight excluding hydrogens is 306 g/mol. The fourth-order valence-electron chi connectivity index (χ4n) is 2.27. The van der Waals surface area contributed by atoms with Crippen molar-refractivity contribution in [2.45, 2.75) is 19.2 Å². The summed E-state index contributed by atoms with van der Waals surface area (Å²) in [4.78, 5) is 30.1. The second-order valence-electron chi connectivity index (χ2n) is 5.32. The van der Waals surface area contributed by atoms with Crippen molar-refractivity contribution < 1.29 is 14.4 Å². The molecule has 6 heteroatoms. The molecule has 2 aromatic carbocycles. The molecule has 0 saturated carbocycles. The van der Waals surface area contributed by atoms with Gasteiger partial charge in [0.05, 0.1) is 12.6 Å². The minimum Gasteiger partial charge on any atom is -0.369 e. The maximum absolute atomic E-state index is 12.1. The molecule has 1 fully saturated rings. The fourth-order valence-corrected chi connectivity index (χ4v) is 2.27. The number of hydrogen-bond donors (Lipinski definition) is 1. The van der Waals surface area contributed by atoms with Crippen LogP contribution in [0.25, 0.3) is 0 Å². The predicted octanol–water partition coefficient (Wildman–Crippen LogP) is 2.51. The van der Waals surface area contributed by atoms with E-state index in [0.29, 0.717) is 6.54 Å². The summed E-state index contributed by atoms with van der Waals surface area (Å²) in [5.41, 5.74) is 1.83. The van der Waals surface area contributed by atoms with Gasteiger partial charge in [-0.25, -0.2) is 9.69 Å². The number of β-lactam (4-membered cyclic amide) rings is 1. The van der Waals surface area contributed by atoms with Crippen LogP contribution in [0.4, 0.5) is 4.79 Å². The molecule has 1 aliphatic rings. The van der Waals surface area contributed by atoms with Gasteiger partial charge in [0.25, 0.3) is 0 Å². The smallest absolute Gasteiger partial charge is 0.327 e. The molecule has 122 valence electrons. The Balaban J connectivity index is 1.51. The van der Waals surface area contributed by atoms with E-state index in [0.717, 1.165) is 16.0 Å². The van der Waals surface area contributed by atoms with Crippen molar-refractivity contribution in [3.8, 4) is 0 Å². The first kappa shape index (κ1) is 15.7. The minimum atomic E-state index is -0.659. The molecule has 0 aromatic heterocycles. The number of likely N-dealkylation sites (tertiary alicyclic amines) is 1. The zero-order valence-corrected chi connectivity index (χ0v) is 13.0. The molecule has 0 radical (unpaired) electrons. The van der Waals surface area contributed by atoms with Crippen LogP contribution in [0.5, 0.6) is 0 Å². The lowest BCUT2D eigenvalue weighted by molar-refractivity contribution is -0.163. The number of carbonyl (C=O) groups is 2. The minimum absolute atomic E-state index is 0.144. The van der Waals surface area contributed by atoms with E-state index >= 15 is 0 Å². The molecule has 0 aliphatic carbocycles. The van der Waals surface area contributed by atoms with Crippen LogP contribution >= 0.6 is 0 Å². The van der Waals surface area contributed by atoms with E-state index in [2.05, 4.69) is 10.5 Å². The monoisotopic (exact) mass is 323 g/mol. The molecule has 24 heavy (non-hydrogen) atoms. The maximum Gasteiger partial charge on any atom is 0.327 e. The van der Waals surface area contributed by atoms with Gasteiger partial charge in [0.1, 0.15) is 0 Å². The molecule has 1 N–H and O–H groups in total. The van der Waals surface area contributed by atoms with Crippen molar-refractivity contribution in [2.75, 3.05) is 0 Å². The summed E-state index contributed by atoms with van der Waals surface area (Å²) >= 11 is 0. The Labute approximate surface area is 139 Å². The lowest BCUT2D eigenvalue weighted by atomic mass is 10.2. The van der Waals surface area contributed by atoms with Gasteiger partial charge in [-0.2, -0.15) is 0 Å². The highest BCUT2D eigenvalue weighted by atomic mass is 16.7. The van der Waals surface area contributed by atoms with Gasteiger partial charge in [-0.3, -0.25) is 4.79 Å². The van der Waals surface area contributed by atoms with Gasteiger partial charge in [0.2, 0.25) is 12.1 Å². The summed E-state index contributed by atoms with van der Waals surface area (Å²) < 4.78 is 0. The van der Waals surface area contributed by atoms with Crippen molar-refractivity contribution in [3.05, 3.63) is 71.8 Å². The molecule has 6 nitrogen and oxygen atoms in total. The number of hydrogen-bond acceptors (Lipinski definition) is 4. The topological polar surface area (TPSA) is 71.0 Å². The lowest BCUT2D eigenvalue weighted by Gasteiger charge is -2.35. The van der Waals surface area contributed by atoms with Crippen LogP contribution in [0.3, 0.4) is 0 Å². The number of rotatable bonds is 5. The van der Waals surface area contributed by atoms with E-state index in [9.17, 15) is 9.59 Å². The Bertz CT molecular complexity index is 732. The highest BCUT2D eigenvalue weighted by Crippen LogP contribution is 2.20. The van der Waals surface area contributed by atoms with Crippen molar-refractivity contribution in [3.63, 3.8) is 0 Å². The highest BCUT2D eigenvalue weighted by Gasteiger charge is 2.43. The van der Waals surface area contributed by atoms with Crippen LogP contribution in [-0.2, 0) is 16.2 Å². The Hall–Kier alpha value is -3.15. The molecule has 1 heterocycles. The van der Waals surface area contributed by atoms with Gasteiger partial charge >= 0.3 is 6.03 Å². The Morgan fingerprint density at radius 3 is 2.50 bits per heavy atom. The first-order valence-electron chi connectivity index (χ1n) is 7.62. The van der Waals surface area contributed by atoms with Gasteiger partial charge in [-0.15, -0.1) is 0 Å². The molecular formula is C18H17N3O3. The number of carbonyl (C=O) groups excluding carboxylic acids is 2. The van der Waals surface area contributed by atoms with Gasteiger partial charge in [0, 0.05) is 6.54 Å². The van der Waals surface area contributed by atoms with Crippen molar-refractivity contribution in [2.24, 2.45) is 5.16 Å². The van der Waals surface area contributed by atoms with Crippen molar-refractivity contribution >= 4 is 18.2 Å². The third-order valence-electron chi connectivity index (χ3n) is 3.60. The van der Waals surface area contributed by atoms with Crippen LogP contribution < -0.4 is 5.32 Å². The van der Waals surface area contributed by atoms with Gasteiger partial charge in [-0.05, 0) is 11.1 Å². The van der Waals surface area contributed by atoms with Crippen molar-refractivity contribution in [1.29, 1.82) is 0 Å². The van der Waals surface area contributed by atoms with Crippen LogP contribution in [0.15, 0.2) is 65.8 Å². The van der Waals surface area contributed by atoms with Crippen LogP contribution in [0.2, 0.25) is 0 Å². The predicted molar refractivity (Wildman–Crippen MR) is 89.0 cm³/mol. The average molecular weight is 323 g/mol. The Morgan fingerprint density at radius 1 is 1.17 bits per heavy atom. The standard InChI is InChI=1S/C18H17N3O3/c22-16-11-17(24-20-13-15-9-5-2-6-10-15)21(16)18(23)19-12-14-7-3-1-4-8-14/h1-10,13,17H,11-12H2,(H,19,23)/b20-13+. The number of urea groups is 1. The average Bonchev–Trinajstić information content (AvgIpc) is 2.61. The largest absolute Gasteiger partial charge is 0.369 e. The van der Waals surface area contributed by atoms with Gasteiger partial charge in [-0.1, -0.05) is 65.8 Å². The molecule has 3 amide bonds. The molecule has 1 saturated heterocycles. The third kappa shape index (κ3) is 3.78. The number of amides is 3. The number of nitrogens with zero attached hydrogens (tertiary/aromatic N) is 2. The quantitative estimate of drug-likeness (QED) is 0.522. The van der Waals surface area contributed by atoms with E-state index in [1.807, 2.05) is 60.7 Å². The molecule has 1 aliphatic heterocycles. The summed E-state index contributed by atoms with van der Waals surface area (Å²) in [5.74, 6) is -0.277. The van der Waals surface area contributed by atoms with E-state index in [4.69, 9.17) is 4.84 Å². The summed E-state index contributed by atoms with van der Waals surface area (Å²) in [6, 6.07) is 18.4. The summed E-state index contributed by atoms with van der Waals surface area (Å²) in [6.07, 6.45) is 1.03. The normalized spacial score (nSPS) is 16.8. The number of nitrogens with one attached hydrogen (secondary N) is 1. The number of benzene rings is 2. The Morgan fingerprint density at radius 2 is 1.83 bits per heavy atom. The molecule has 2 aromatic rings. The third-order valence-corrected chi connectivity index (χ3v) is 3.60. The first-order valence-corrected chi connectivity index (χ1v) is 7.62. The number of oxime groups is 1. The summed E-state index contributed by atoms with van der Waals surface area (Å²) in [7, 11) is 0. The van der Waals surface area contributed by atoms with E-state index in [-0.39, 0.29) is 12.3 Å². The molecule has 1 unspecified atom stereocenters. The summed E-state index contributed by atoms with van der Waals surface area (Å²) in [5, 5.41) is 6.55. The second kappa shape index (κ2) is 7.41. The summed E-state index contributed by atoms with van der Waals surface area (Å²) in [6.45, 7) is 0.351. The van der Waals surface area contributed by atoms with Crippen LogP contribution in [0.1, 0.15) is 17.5 Å². The van der Waals surface area contributed by atoms with Crippen LogP contribution in [0, 0.1) is 0 Å². The van der Waals surface area contributed by atoms with E-state index < -0.39 is 12.3 Å². The molecule has 0 bridgehead atoms. The Kier molecular flexibility index (Phi) is 4.86. The van der Waals surface area contributed by atoms with E-state index in [1.165, 1.54) is 0 Å². The molecule has 3 rings (SSSR count). The SMILES string of the molecule is O=C1CC(O/N=C/c2ccccc2)N1C(=O)NCc1ccccc1. The van der Waals surface area contributed by atoms with Crippen molar-refractivity contribution in [1.82, 2.24) is 10.2 Å². The molecule has 1 atom stereocenters. The highest BCUT2D eigenvalue weighted by molar-refractivity contribution is 5.99. The zero-order valence-electron chi connectivity index (χ0n) is 13.0. The van der Waals surface area contributed by atoms with Gasteiger partial charge < -0.3 is 10.2 Å². The second-order valence-corrected chi connectivity index (χ2v) is 5.32.